The third kappa shape index (κ3) is 4.88. The second-order valence-corrected chi connectivity index (χ2v) is 7.32. The van der Waals surface area contributed by atoms with E-state index in [2.05, 4.69) is 17.0 Å². The molecule has 1 fully saturated rings. The maximum Gasteiger partial charge on any atom is 0.270 e. The van der Waals surface area contributed by atoms with Gasteiger partial charge in [-0.05, 0) is 43.7 Å². The molecule has 0 aromatic heterocycles. The van der Waals surface area contributed by atoms with E-state index >= 15 is 0 Å². The van der Waals surface area contributed by atoms with E-state index in [4.69, 9.17) is 0 Å². The number of hydrogen-bond acceptors (Lipinski definition) is 4. The van der Waals surface area contributed by atoms with Crippen LogP contribution in [0.1, 0.15) is 41.6 Å². The lowest BCUT2D eigenvalue weighted by Gasteiger charge is -2.31. The van der Waals surface area contributed by atoms with Crippen molar-refractivity contribution in [3.8, 4) is 0 Å². The predicted octanol–water partition coefficient (Wildman–Crippen LogP) is 4.29. The molecule has 3 rings (SSSR count). The third-order valence-electron chi connectivity index (χ3n) is 5.27. The van der Waals surface area contributed by atoms with Gasteiger partial charge in [0.15, 0.2) is 0 Å². The fourth-order valence-corrected chi connectivity index (χ4v) is 3.69. The van der Waals surface area contributed by atoms with Gasteiger partial charge in [-0.15, -0.1) is 0 Å². The molecular formula is C22H27N3O3. The Morgan fingerprint density at radius 2 is 1.82 bits per heavy atom. The molecule has 2 aromatic carbocycles. The van der Waals surface area contributed by atoms with E-state index in [1.54, 1.807) is 18.0 Å². The summed E-state index contributed by atoms with van der Waals surface area (Å²) in [4.78, 5) is 27.7. The van der Waals surface area contributed by atoms with Crippen molar-refractivity contribution in [2.45, 2.75) is 32.1 Å². The Kier molecular flexibility index (Phi) is 6.63. The molecule has 0 spiro atoms. The first-order valence-corrected chi connectivity index (χ1v) is 9.89. The van der Waals surface area contributed by atoms with E-state index in [9.17, 15) is 14.9 Å². The zero-order valence-electron chi connectivity index (χ0n) is 16.3. The fraction of sp³-hybridized carbons (Fsp3) is 0.409. The van der Waals surface area contributed by atoms with Gasteiger partial charge in [-0.2, -0.15) is 0 Å². The summed E-state index contributed by atoms with van der Waals surface area (Å²) in [7, 11) is 1.77. The van der Waals surface area contributed by atoms with E-state index in [1.807, 2.05) is 18.2 Å². The number of amides is 1. The monoisotopic (exact) mass is 381 g/mol. The van der Waals surface area contributed by atoms with Gasteiger partial charge in [0, 0.05) is 38.8 Å². The second-order valence-electron chi connectivity index (χ2n) is 7.32. The standard InChI is InChI=1S/C22H27N3O3/c1-23(14-8-11-18-9-4-2-5-10-18)22(26)20-17-19(25(27)28)12-13-21(20)24-15-6-3-7-16-24/h2,4-5,9-10,12-13,17H,3,6-8,11,14-16H2,1H3. The van der Waals surface area contributed by atoms with Crippen LogP contribution in [0.4, 0.5) is 11.4 Å². The Morgan fingerprint density at radius 3 is 2.50 bits per heavy atom. The van der Waals surface area contributed by atoms with Gasteiger partial charge >= 0.3 is 0 Å². The Balaban J connectivity index is 1.74. The van der Waals surface area contributed by atoms with Crippen molar-refractivity contribution in [1.29, 1.82) is 0 Å². The van der Waals surface area contributed by atoms with Gasteiger partial charge < -0.3 is 9.80 Å². The molecule has 0 aliphatic carbocycles. The van der Waals surface area contributed by atoms with Gasteiger partial charge in [0.05, 0.1) is 16.2 Å². The number of aryl methyl sites for hydroxylation is 1. The number of carbonyl (C=O) groups is 1. The van der Waals surface area contributed by atoms with E-state index in [1.165, 1.54) is 24.1 Å². The zero-order chi connectivity index (χ0) is 19.9. The molecule has 1 aliphatic heterocycles. The summed E-state index contributed by atoms with van der Waals surface area (Å²) in [5, 5.41) is 11.2. The molecule has 2 aromatic rings. The molecule has 28 heavy (non-hydrogen) atoms. The quantitative estimate of drug-likeness (QED) is 0.530. The van der Waals surface area contributed by atoms with Gasteiger partial charge in [-0.1, -0.05) is 30.3 Å². The highest BCUT2D eigenvalue weighted by Crippen LogP contribution is 2.29. The second kappa shape index (κ2) is 9.35. The van der Waals surface area contributed by atoms with Crippen LogP contribution in [-0.2, 0) is 6.42 Å². The van der Waals surface area contributed by atoms with Crippen molar-refractivity contribution in [1.82, 2.24) is 4.90 Å². The van der Waals surface area contributed by atoms with Crippen LogP contribution in [0.25, 0.3) is 0 Å². The van der Waals surface area contributed by atoms with E-state index in [0.717, 1.165) is 44.5 Å². The number of rotatable bonds is 7. The van der Waals surface area contributed by atoms with Crippen LogP contribution < -0.4 is 4.90 Å². The van der Waals surface area contributed by atoms with Crippen LogP contribution >= 0.6 is 0 Å². The van der Waals surface area contributed by atoms with E-state index in [0.29, 0.717) is 12.1 Å². The topological polar surface area (TPSA) is 66.7 Å². The average Bonchev–Trinajstić information content (AvgIpc) is 2.74. The van der Waals surface area contributed by atoms with Crippen molar-refractivity contribution < 1.29 is 9.72 Å². The molecule has 0 bridgehead atoms. The molecule has 0 radical (unpaired) electrons. The number of nitro groups is 1. The van der Waals surface area contributed by atoms with Crippen molar-refractivity contribution in [2.24, 2.45) is 0 Å². The first-order chi connectivity index (χ1) is 13.6. The lowest BCUT2D eigenvalue weighted by molar-refractivity contribution is -0.384. The van der Waals surface area contributed by atoms with Gasteiger partial charge in [0.1, 0.15) is 0 Å². The summed E-state index contributed by atoms with van der Waals surface area (Å²) < 4.78 is 0. The summed E-state index contributed by atoms with van der Waals surface area (Å²) in [6.45, 7) is 2.38. The van der Waals surface area contributed by atoms with Crippen LogP contribution in [-0.4, -0.2) is 42.4 Å². The maximum atomic E-state index is 13.1. The molecule has 1 amide bonds. The average molecular weight is 381 g/mol. The van der Waals surface area contributed by atoms with Crippen LogP contribution in [0, 0.1) is 10.1 Å². The molecule has 6 nitrogen and oxygen atoms in total. The van der Waals surface area contributed by atoms with E-state index < -0.39 is 4.92 Å². The minimum absolute atomic E-state index is 0.0400. The number of non-ortho nitro benzene ring substituents is 1. The van der Waals surface area contributed by atoms with E-state index in [-0.39, 0.29) is 11.6 Å². The molecule has 0 unspecified atom stereocenters. The van der Waals surface area contributed by atoms with Gasteiger partial charge in [0.2, 0.25) is 0 Å². The number of nitro benzene ring substituents is 1. The van der Waals surface area contributed by atoms with Crippen molar-refractivity contribution in [3.63, 3.8) is 0 Å². The summed E-state index contributed by atoms with van der Waals surface area (Å²) in [6, 6.07) is 14.8. The molecular weight excluding hydrogens is 354 g/mol. The lowest BCUT2D eigenvalue weighted by atomic mass is 10.0. The largest absolute Gasteiger partial charge is 0.371 e. The molecule has 148 valence electrons. The maximum absolute atomic E-state index is 13.1. The SMILES string of the molecule is CN(CCCc1ccccc1)C(=O)c1cc([N+](=O)[O-])ccc1N1CCCCC1. The Hall–Kier alpha value is -2.89. The smallest absolute Gasteiger partial charge is 0.270 e. The van der Waals surface area contributed by atoms with Crippen molar-refractivity contribution >= 4 is 17.3 Å². The summed E-state index contributed by atoms with van der Waals surface area (Å²) in [6.07, 6.45) is 5.09. The number of anilines is 1. The Bertz CT molecular complexity index is 817. The zero-order valence-corrected chi connectivity index (χ0v) is 16.3. The van der Waals surface area contributed by atoms with Gasteiger partial charge in [-0.3, -0.25) is 14.9 Å². The first-order valence-electron chi connectivity index (χ1n) is 9.89. The molecule has 0 atom stereocenters. The molecule has 1 aliphatic rings. The molecule has 1 saturated heterocycles. The number of benzene rings is 2. The lowest BCUT2D eigenvalue weighted by Crippen LogP contribution is -2.34. The summed E-state index contributed by atoms with van der Waals surface area (Å²) in [5.41, 5.74) is 2.44. The highest BCUT2D eigenvalue weighted by atomic mass is 16.6. The van der Waals surface area contributed by atoms with Gasteiger partial charge in [0.25, 0.3) is 11.6 Å². The fourth-order valence-electron chi connectivity index (χ4n) is 3.69. The number of carbonyl (C=O) groups excluding carboxylic acids is 1. The molecule has 1 heterocycles. The Morgan fingerprint density at radius 1 is 1.11 bits per heavy atom. The number of nitrogens with zero attached hydrogens (tertiary/aromatic N) is 3. The predicted molar refractivity (Wildman–Crippen MR) is 111 cm³/mol. The van der Waals surface area contributed by atoms with Gasteiger partial charge in [-0.25, -0.2) is 0 Å². The minimum atomic E-state index is -0.438. The third-order valence-corrected chi connectivity index (χ3v) is 5.27. The van der Waals surface area contributed by atoms with Crippen molar-refractivity contribution in [2.75, 3.05) is 31.6 Å². The highest BCUT2D eigenvalue weighted by Gasteiger charge is 2.23. The van der Waals surface area contributed by atoms with Crippen LogP contribution in [0.3, 0.4) is 0 Å². The van der Waals surface area contributed by atoms with Crippen LogP contribution in [0.15, 0.2) is 48.5 Å². The number of hydrogen-bond donors (Lipinski definition) is 0. The normalized spacial score (nSPS) is 14.0. The molecule has 0 N–H and O–H groups in total. The summed E-state index contributed by atoms with van der Waals surface area (Å²) in [5.74, 6) is -0.155. The van der Waals surface area contributed by atoms with Crippen LogP contribution in [0.5, 0.6) is 0 Å². The first kappa shape index (κ1) is 19.9. The molecule has 0 saturated carbocycles. The highest BCUT2D eigenvalue weighted by molar-refractivity contribution is 6.00. The van der Waals surface area contributed by atoms with Crippen LogP contribution in [0.2, 0.25) is 0 Å². The number of piperidine rings is 1. The minimum Gasteiger partial charge on any atom is -0.371 e. The molecule has 6 heteroatoms. The summed E-state index contributed by atoms with van der Waals surface area (Å²) >= 11 is 0. The Labute approximate surface area is 165 Å². The van der Waals surface area contributed by atoms with Crippen molar-refractivity contribution in [3.05, 3.63) is 69.8 Å².